The number of aryl methyl sites for hydroxylation is 1. The minimum absolute atomic E-state index is 0.0990. The summed E-state index contributed by atoms with van der Waals surface area (Å²) in [6.07, 6.45) is 1.93. The van der Waals surface area contributed by atoms with Crippen molar-refractivity contribution in [3.63, 3.8) is 0 Å². The van der Waals surface area contributed by atoms with Gasteiger partial charge in [-0.15, -0.1) is 5.10 Å². The number of anilines is 2. The quantitative estimate of drug-likeness (QED) is 0.496. The lowest BCUT2D eigenvalue weighted by molar-refractivity contribution is 0.236. The second-order valence-corrected chi connectivity index (χ2v) is 10.9. The molecule has 31 heavy (non-hydrogen) atoms. The van der Waals surface area contributed by atoms with Crippen molar-refractivity contribution in [2.45, 2.75) is 33.5 Å². The molecule has 0 radical (unpaired) electrons. The number of aromatic nitrogens is 3. The average Bonchev–Trinajstić information content (AvgIpc) is 2.99. The lowest BCUT2D eigenvalue weighted by Crippen LogP contribution is -2.13. The van der Waals surface area contributed by atoms with Crippen LogP contribution in [0.25, 0.3) is 10.8 Å². The van der Waals surface area contributed by atoms with Crippen molar-refractivity contribution in [3.8, 4) is 5.88 Å². The summed E-state index contributed by atoms with van der Waals surface area (Å²) in [4.78, 5) is 4.49. The molecule has 0 aliphatic carbocycles. The minimum atomic E-state index is -3.57. The Morgan fingerprint density at radius 1 is 1.06 bits per heavy atom. The summed E-state index contributed by atoms with van der Waals surface area (Å²) in [6.45, 7) is 5.28. The van der Waals surface area contributed by atoms with Gasteiger partial charge in [0.2, 0.25) is 5.88 Å². The molecule has 3 aromatic rings. The molecule has 0 saturated heterocycles. The Morgan fingerprint density at radius 2 is 1.77 bits per heavy atom. The first-order valence-corrected chi connectivity index (χ1v) is 13.0. The van der Waals surface area contributed by atoms with E-state index in [0.717, 1.165) is 27.4 Å². The van der Waals surface area contributed by atoms with Crippen LogP contribution in [0, 0.1) is 6.92 Å². The lowest BCUT2D eigenvalue weighted by Gasteiger charge is -2.14. The summed E-state index contributed by atoms with van der Waals surface area (Å²) in [7, 11) is -7.10. The Kier molecular flexibility index (Phi) is 6.25. The fraction of sp³-hybridized carbons (Fsp3) is 0.368. The van der Waals surface area contributed by atoms with E-state index in [1.807, 2.05) is 13.8 Å². The average molecular weight is 469 g/mol. The monoisotopic (exact) mass is 468 g/mol. The van der Waals surface area contributed by atoms with Gasteiger partial charge in [-0.05, 0) is 49.9 Å². The first kappa shape index (κ1) is 23.0. The third-order valence-corrected chi connectivity index (χ3v) is 5.61. The Bertz CT molecular complexity index is 1330. The van der Waals surface area contributed by atoms with Gasteiger partial charge in [-0.2, -0.15) is 17.5 Å². The molecule has 2 heterocycles. The number of pyridine rings is 1. The van der Waals surface area contributed by atoms with E-state index in [1.165, 1.54) is 0 Å². The van der Waals surface area contributed by atoms with E-state index in [2.05, 4.69) is 15.4 Å². The normalized spacial score (nSPS) is 12.5. The molecule has 0 bridgehead atoms. The summed E-state index contributed by atoms with van der Waals surface area (Å²) in [5.74, 6) is 1.08. The number of ether oxygens (including phenoxy) is 1. The van der Waals surface area contributed by atoms with E-state index in [9.17, 15) is 16.8 Å². The molecule has 168 valence electrons. The second-order valence-electron chi connectivity index (χ2n) is 7.40. The molecule has 0 atom stereocenters. The Morgan fingerprint density at radius 3 is 2.35 bits per heavy atom. The van der Waals surface area contributed by atoms with Gasteiger partial charge in [0.1, 0.15) is 5.82 Å². The molecule has 0 aliphatic heterocycles. The molecule has 10 nitrogen and oxygen atoms in total. The standard InChI is InChI=1S/C19H24N4O6S2/c1-12(2)29-19-16-7-6-14(11-28-31(5,26)27)9-15(16)10-17(21-19)20-18-8-13(3)23(22-18)30(4,24)25/h6-10,12H,11H2,1-5H3,(H,20,21,22). The first-order valence-electron chi connectivity index (χ1n) is 9.31. The molecule has 3 rings (SSSR count). The van der Waals surface area contributed by atoms with Crippen LogP contribution in [0.3, 0.4) is 0 Å². The predicted octanol–water partition coefficient (Wildman–Crippen LogP) is 2.55. The minimum Gasteiger partial charge on any atom is -0.474 e. The molecule has 0 aliphatic rings. The highest BCUT2D eigenvalue weighted by Crippen LogP contribution is 2.30. The van der Waals surface area contributed by atoms with E-state index in [0.29, 0.717) is 28.8 Å². The first-order chi connectivity index (χ1) is 14.3. The van der Waals surface area contributed by atoms with Crippen molar-refractivity contribution in [2.75, 3.05) is 17.8 Å². The molecule has 12 heteroatoms. The van der Waals surface area contributed by atoms with Gasteiger partial charge in [-0.1, -0.05) is 6.07 Å². The van der Waals surface area contributed by atoms with Crippen molar-refractivity contribution in [2.24, 2.45) is 0 Å². The molecular formula is C19H24N4O6S2. The van der Waals surface area contributed by atoms with E-state index in [1.54, 1.807) is 37.3 Å². The van der Waals surface area contributed by atoms with Crippen LogP contribution in [-0.2, 0) is 30.9 Å². The van der Waals surface area contributed by atoms with Crippen LogP contribution < -0.4 is 10.1 Å². The van der Waals surface area contributed by atoms with Gasteiger partial charge in [0.15, 0.2) is 5.82 Å². The van der Waals surface area contributed by atoms with Gasteiger partial charge in [-0.25, -0.2) is 8.42 Å². The highest BCUT2D eigenvalue weighted by molar-refractivity contribution is 7.89. The molecule has 0 fully saturated rings. The van der Waals surface area contributed by atoms with Crippen LogP contribution in [0.4, 0.5) is 11.6 Å². The number of nitrogens with one attached hydrogen (secondary N) is 1. The van der Waals surface area contributed by atoms with Gasteiger partial charge < -0.3 is 10.1 Å². The lowest BCUT2D eigenvalue weighted by atomic mass is 10.1. The van der Waals surface area contributed by atoms with Crippen LogP contribution in [0.2, 0.25) is 0 Å². The number of rotatable bonds is 8. The van der Waals surface area contributed by atoms with E-state index in [-0.39, 0.29) is 12.7 Å². The van der Waals surface area contributed by atoms with Crippen molar-refractivity contribution < 1.29 is 25.8 Å². The Balaban J connectivity index is 2.02. The fourth-order valence-electron chi connectivity index (χ4n) is 2.90. The maximum absolute atomic E-state index is 11.8. The topological polar surface area (TPSA) is 129 Å². The predicted molar refractivity (Wildman–Crippen MR) is 118 cm³/mol. The van der Waals surface area contributed by atoms with Crippen molar-refractivity contribution in [1.29, 1.82) is 0 Å². The van der Waals surface area contributed by atoms with Crippen LogP contribution in [0.5, 0.6) is 5.88 Å². The van der Waals surface area contributed by atoms with Crippen molar-refractivity contribution >= 4 is 42.5 Å². The SMILES string of the molecule is Cc1cc(Nc2cc3cc(COS(C)(=O)=O)ccc3c(OC(C)C)n2)nn1S(C)(=O)=O. The van der Waals surface area contributed by atoms with E-state index >= 15 is 0 Å². The Hall–Kier alpha value is -2.70. The summed E-state index contributed by atoms with van der Waals surface area (Å²) < 4.78 is 57.9. The van der Waals surface area contributed by atoms with Gasteiger partial charge in [0.25, 0.3) is 20.1 Å². The number of nitrogens with zero attached hydrogens (tertiary/aromatic N) is 3. The number of hydrogen-bond donors (Lipinski definition) is 1. The molecular weight excluding hydrogens is 444 g/mol. The number of benzene rings is 1. The zero-order chi connectivity index (χ0) is 23.0. The van der Waals surface area contributed by atoms with Crippen LogP contribution in [0.1, 0.15) is 25.1 Å². The zero-order valence-corrected chi connectivity index (χ0v) is 19.4. The fourth-order valence-corrected chi connectivity index (χ4v) is 4.07. The molecule has 0 amide bonds. The highest BCUT2D eigenvalue weighted by Gasteiger charge is 2.15. The van der Waals surface area contributed by atoms with Gasteiger partial charge in [-0.3, -0.25) is 4.18 Å². The van der Waals surface area contributed by atoms with Crippen LogP contribution >= 0.6 is 0 Å². The molecule has 0 unspecified atom stereocenters. The molecule has 0 saturated carbocycles. The highest BCUT2D eigenvalue weighted by atomic mass is 32.2. The summed E-state index contributed by atoms with van der Waals surface area (Å²) in [5, 5.41) is 8.55. The van der Waals surface area contributed by atoms with E-state index < -0.39 is 20.1 Å². The molecule has 1 aromatic carbocycles. The maximum atomic E-state index is 11.8. The summed E-state index contributed by atoms with van der Waals surface area (Å²) >= 11 is 0. The Labute approximate surface area is 181 Å². The summed E-state index contributed by atoms with van der Waals surface area (Å²) in [5.41, 5.74) is 1.10. The van der Waals surface area contributed by atoms with Gasteiger partial charge in [0, 0.05) is 11.5 Å². The smallest absolute Gasteiger partial charge is 0.264 e. The second kappa shape index (κ2) is 8.44. The van der Waals surface area contributed by atoms with Gasteiger partial charge in [0.05, 0.1) is 30.9 Å². The third kappa shape index (κ3) is 5.93. The number of hydrogen-bond acceptors (Lipinski definition) is 9. The summed E-state index contributed by atoms with van der Waals surface area (Å²) in [6, 6.07) is 8.63. The zero-order valence-electron chi connectivity index (χ0n) is 17.8. The molecule has 2 aromatic heterocycles. The van der Waals surface area contributed by atoms with Crippen molar-refractivity contribution in [3.05, 3.63) is 41.6 Å². The maximum Gasteiger partial charge on any atom is 0.264 e. The molecule has 0 spiro atoms. The van der Waals surface area contributed by atoms with Gasteiger partial charge >= 0.3 is 0 Å². The van der Waals surface area contributed by atoms with Crippen molar-refractivity contribution in [1.82, 2.24) is 14.2 Å². The van der Waals surface area contributed by atoms with E-state index in [4.69, 9.17) is 8.92 Å². The molecule has 1 N–H and O–H groups in total. The van der Waals surface area contributed by atoms with Crippen LogP contribution in [0.15, 0.2) is 30.3 Å². The van der Waals surface area contributed by atoms with Crippen LogP contribution in [-0.4, -0.2) is 49.6 Å². The number of fused-ring (bicyclic) bond motifs is 1. The third-order valence-electron chi connectivity index (χ3n) is 4.06. The largest absolute Gasteiger partial charge is 0.474 e.